The molecule has 50 heavy (non-hydrogen) atoms. The van der Waals surface area contributed by atoms with Crippen LogP contribution >= 0.6 is 46.4 Å². The van der Waals surface area contributed by atoms with Crippen molar-refractivity contribution < 1.29 is 19.2 Å². The summed E-state index contributed by atoms with van der Waals surface area (Å²) >= 11 is 28.1. The largest absolute Gasteiger partial charge is 0.351 e. The van der Waals surface area contributed by atoms with Crippen LogP contribution in [0.2, 0.25) is 20.1 Å². The van der Waals surface area contributed by atoms with E-state index in [-0.39, 0.29) is 0 Å². The molecule has 8 amide bonds. The average molecular weight is 767 g/mol. The van der Waals surface area contributed by atoms with E-state index >= 15 is 0 Å². The number of primary amides is 4. The second-order valence-electron chi connectivity index (χ2n) is 12.0. The van der Waals surface area contributed by atoms with Gasteiger partial charge in [-0.1, -0.05) is 64.6 Å². The van der Waals surface area contributed by atoms with Crippen molar-refractivity contribution in [3.63, 3.8) is 0 Å². The molecular weight excluding hydrogens is 726 g/mol. The first-order valence-electron chi connectivity index (χ1n) is 15.3. The number of carbonyl (C=O) groups is 4. The molecule has 0 aliphatic heterocycles. The maximum absolute atomic E-state index is 9.62. The van der Waals surface area contributed by atoms with Crippen LogP contribution < -0.4 is 33.6 Å². The van der Waals surface area contributed by atoms with Gasteiger partial charge in [0.05, 0.1) is 5.02 Å². The van der Waals surface area contributed by atoms with E-state index in [4.69, 9.17) is 46.4 Å². The van der Waals surface area contributed by atoms with Crippen molar-refractivity contribution in [1.82, 2.24) is 20.4 Å². The summed E-state index contributed by atoms with van der Waals surface area (Å²) in [5.41, 5.74) is 20.3. The van der Waals surface area contributed by atoms with Crippen molar-refractivity contribution in [1.29, 1.82) is 0 Å². The summed E-state index contributed by atoms with van der Waals surface area (Å²) in [7, 11) is 8.45. The number of urea groups is 4. The van der Waals surface area contributed by atoms with Gasteiger partial charge in [0.25, 0.3) is 0 Å². The zero-order chi connectivity index (χ0) is 37.4. The zero-order valence-corrected chi connectivity index (χ0v) is 31.1. The van der Waals surface area contributed by atoms with E-state index in [0.29, 0.717) is 15.1 Å². The minimum absolute atomic E-state index is 0.673. The number of nitrogens with one attached hydrogen (secondary N) is 2. The first kappa shape index (κ1) is 40.4. The summed E-state index contributed by atoms with van der Waals surface area (Å²) < 4.78 is 0. The van der Waals surface area contributed by atoms with Gasteiger partial charge in [0.1, 0.15) is 0 Å². The van der Waals surface area contributed by atoms with Crippen LogP contribution in [0.1, 0.15) is 24.0 Å². The Hall–Kier alpha value is -4.04. The van der Waals surface area contributed by atoms with Gasteiger partial charge in [0.15, 0.2) is 0 Å². The molecule has 0 saturated carbocycles. The number of nitrogens with two attached hydrogens (primary N) is 4. The van der Waals surface area contributed by atoms with Crippen molar-refractivity contribution in [2.75, 3.05) is 41.3 Å². The average Bonchev–Trinajstić information content (AvgIpc) is 2.99. The topological polar surface area (TPSA) is 203 Å². The number of imide groups is 2. The summed E-state index contributed by atoms with van der Waals surface area (Å²) in [6.45, 7) is 2.01. The Morgan fingerprint density at radius 3 is 1.32 bits per heavy atom. The molecule has 0 saturated heterocycles. The third-order valence-electron chi connectivity index (χ3n) is 7.72. The van der Waals surface area contributed by atoms with Gasteiger partial charge in [-0.05, 0) is 107 Å². The number of carbonyl (C=O) groups excluding carboxylic acids is 4. The Kier molecular flexibility index (Phi) is 14.3. The minimum Gasteiger partial charge on any atom is -0.351 e. The van der Waals surface area contributed by atoms with Crippen LogP contribution in [0.15, 0.2) is 36.4 Å². The highest BCUT2D eigenvalue weighted by Gasteiger charge is 2.25. The van der Waals surface area contributed by atoms with Crippen LogP contribution in [-0.2, 0) is 12.8 Å². The van der Waals surface area contributed by atoms with Crippen molar-refractivity contribution >= 4 is 114 Å². The summed E-state index contributed by atoms with van der Waals surface area (Å²) in [5, 5.41) is 14.2. The number of nitrogens with zero attached hydrogens (tertiary/aromatic N) is 2. The number of aryl methyl sites for hydroxylation is 1. The van der Waals surface area contributed by atoms with E-state index in [1.807, 2.05) is 30.3 Å². The van der Waals surface area contributed by atoms with Gasteiger partial charge < -0.3 is 32.7 Å². The van der Waals surface area contributed by atoms with Crippen molar-refractivity contribution in [3.8, 4) is 0 Å². The number of rotatable bonds is 8. The van der Waals surface area contributed by atoms with Crippen LogP contribution in [0.25, 0.3) is 43.1 Å². The van der Waals surface area contributed by atoms with E-state index in [2.05, 4.69) is 67.0 Å². The molecule has 0 aliphatic rings. The van der Waals surface area contributed by atoms with Crippen molar-refractivity contribution in [3.05, 3.63) is 67.6 Å². The summed E-state index contributed by atoms with van der Waals surface area (Å²) in [6.07, 6.45) is 3.93. The van der Waals surface area contributed by atoms with Gasteiger partial charge in [-0.25, -0.2) is 19.2 Å². The summed E-state index contributed by atoms with van der Waals surface area (Å²) in [4.78, 5) is 42.9. The number of amides is 8. The lowest BCUT2D eigenvalue weighted by Crippen LogP contribution is -2.38. The Bertz CT molecular complexity index is 2000. The lowest BCUT2D eigenvalue weighted by Gasteiger charge is -2.23. The SMILES string of the molecule is CN(C)CCCc1c(CCCN(C)C)c2ccc(Cl)c3c4c(Cl)ccc5ccc(Cl)c(c(c1Cl)c23)c54.NC(=O)NC(N)=O.NC(=O)NC(N)=O. The molecule has 5 aromatic carbocycles. The zero-order valence-electron chi connectivity index (χ0n) is 28.1. The molecule has 0 unspecified atom stereocenters. The highest BCUT2D eigenvalue weighted by Crippen LogP contribution is 2.51. The third kappa shape index (κ3) is 9.81. The molecule has 0 fully saturated rings. The Balaban J connectivity index is 0.000000408. The van der Waals surface area contributed by atoms with Crippen molar-refractivity contribution in [2.24, 2.45) is 22.9 Å². The number of hydrogen-bond acceptors (Lipinski definition) is 6. The van der Waals surface area contributed by atoms with E-state index in [9.17, 15) is 19.2 Å². The lowest BCUT2D eigenvalue weighted by molar-refractivity contribution is 0.235. The maximum Gasteiger partial charge on any atom is 0.320 e. The van der Waals surface area contributed by atoms with Crippen LogP contribution in [0.5, 0.6) is 0 Å². The Morgan fingerprint density at radius 2 is 0.920 bits per heavy atom. The highest BCUT2D eigenvalue weighted by atomic mass is 35.5. The van der Waals surface area contributed by atoms with Gasteiger partial charge >= 0.3 is 24.1 Å². The molecule has 5 rings (SSSR count). The monoisotopic (exact) mass is 764 g/mol. The van der Waals surface area contributed by atoms with Gasteiger partial charge in [0, 0.05) is 47.4 Å². The van der Waals surface area contributed by atoms with Crippen LogP contribution in [-0.4, -0.2) is 75.2 Å². The maximum atomic E-state index is 9.62. The Labute approximate surface area is 309 Å². The Morgan fingerprint density at radius 1 is 0.540 bits per heavy atom. The fourth-order valence-electron chi connectivity index (χ4n) is 5.91. The van der Waals surface area contributed by atoms with E-state index in [0.717, 1.165) is 81.5 Å². The molecule has 0 radical (unpaired) electrons. The molecule has 0 heterocycles. The first-order chi connectivity index (χ1) is 23.5. The number of fused-ring (bicyclic) bond motifs is 2. The normalized spacial score (nSPS) is 11.1. The van der Waals surface area contributed by atoms with E-state index in [1.54, 1.807) is 10.6 Å². The molecule has 10 N–H and O–H groups in total. The number of benzene rings is 5. The molecule has 268 valence electrons. The fourth-order valence-corrected chi connectivity index (χ4v) is 7.07. The summed E-state index contributed by atoms with van der Waals surface area (Å²) in [6, 6.07) is 8.43. The molecule has 0 spiro atoms. The van der Waals surface area contributed by atoms with Gasteiger partial charge in [0.2, 0.25) is 0 Å². The van der Waals surface area contributed by atoms with Crippen molar-refractivity contribution in [2.45, 2.75) is 25.7 Å². The van der Waals surface area contributed by atoms with Crippen LogP contribution in [0, 0.1) is 0 Å². The smallest absolute Gasteiger partial charge is 0.320 e. The summed E-state index contributed by atoms with van der Waals surface area (Å²) in [5.74, 6) is 0. The highest BCUT2D eigenvalue weighted by molar-refractivity contribution is 6.53. The number of hydrogen-bond donors (Lipinski definition) is 6. The first-order valence-corrected chi connectivity index (χ1v) is 16.8. The molecule has 0 bridgehead atoms. The fraction of sp³-hybridized carbons (Fsp3) is 0.294. The second kappa shape index (κ2) is 17.8. The minimum atomic E-state index is -0.938. The molecule has 0 aromatic heterocycles. The molecule has 0 aliphatic carbocycles. The molecule has 5 aromatic rings. The van der Waals surface area contributed by atoms with Crippen LogP contribution in [0.3, 0.4) is 0 Å². The predicted octanol–water partition coefficient (Wildman–Crippen LogP) is 6.81. The molecular formula is C34H40Cl4N8O4. The number of halogens is 4. The van der Waals surface area contributed by atoms with Gasteiger partial charge in [-0.3, -0.25) is 10.6 Å². The second-order valence-corrected chi connectivity index (χ2v) is 13.6. The lowest BCUT2D eigenvalue weighted by atomic mass is 9.84. The standard InChI is InChI=1S/C30H30Cl4N2.2C2H5N3O2/c1-35(2)15-5-7-18-19-11-14-23(33)28-25(19)29(30(34)20(18)8-6-16-36(3)4)27-22(32)13-10-17-9-12-21(31)26(28)24(17)27;2*3-1(6)5-2(4)7/h9-14H,5-8,15-16H2,1-4H3;2*(H5,3,4,5,6,7). The molecule has 12 nitrogen and oxygen atoms in total. The predicted molar refractivity (Wildman–Crippen MR) is 206 cm³/mol. The van der Waals surface area contributed by atoms with E-state index < -0.39 is 24.1 Å². The van der Waals surface area contributed by atoms with E-state index in [1.165, 1.54) is 16.5 Å². The van der Waals surface area contributed by atoms with Crippen LogP contribution in [0.4, 0.5) is 19.2 Å². The third-order valence-corrected chi connectivity index (χ3v) is 9.08. The van der Waals surface area contributed by atoms with Gasteiger partial charge in [-0.15, -0.1) is 0 Å². The molecule has 16 heteroatoms. The molecule has 0 atom stereocenters. The van der Waals surface area contributed by atoms with Gasteiger partial charge in [-0.2, -0.15) is 0 Å². The quantitative estimate of drug-likeness (QED) is 0.0740.